The first-order valence-electron chi connectivity index (χ1n) is 11.7. The van der Waals surface area contributed by atoms with Crippen LogP contribution in [0.5, 0.6) is 5.75 Å². The predicted molar refractivity (Wildman–Crippen MR) is 126 cm³/mol. The average molecular weight is 447 g/mol. The molecular formula is C26H38O4S. The van der Waals surface area contributed by atoms with E-state index in [1.807, 2.05) is 13.0 Å². The lowest BCUT2D eigenvalue weighted by molar-refractivity contribution is 0.180. The van der Waals surface area contributed by atoms with Crippen molar-refractivity contribution in [1.29, 1.82) is 0 Å². The maximum Gasteiger partial charge on any atom is 0.210 e. The minimum absolute atomic E-state index is 0.00959. The van der Waals surface area contributed by atoms with E-state index in [1.54, 1.807) is 36.4 Å². The second-order valence-corrected chi connectivity index (χ2v) is 10.4. The number of phenols is 1. The van der Waals surface area contributed by atoms with E-state index in [0.29, 0.717) is 12.0 Å². The molecule has 0 amide bonds. The lowest BCUT2D eigenvalue weighted by Crippen LogP contribution is -2.03. The van der Waals surface area contributed by atoms with Gasteiger partial charge in [-0.05, 0) is 49.9 Å². The summed E-state index contributed by atoms with van der Waals surface area (Å²) in [5.41, 5.74) is 0.703. The van der Waals surface area contributed by atoms with Crippen molar-refractivity contribution >= 4 is 9.84 Å². The molecule has 172 valence electrons. The number of hydrogen-bond donors (Lipinski definition) is 2. The van der Waals surface area contributed by atoms with Gasteiger partial charge < -0.3 is 10.2 Å². The Morgan fingerprint density at radius 3 is 1.87 bits per heavy atom. The van der Waals surface area contributed by atoms with E-state index in [-0.39, 0.29) is 21.6 Å². The summed E-state index contributed by atoms with van der Waals surface area (Å²) in [5.74, 6) is -0.109. The second kappa shape index (κ2) is 13.5. The normalized spacial score (nSPS) is 12.7. The first-order valence-corrected chi connectivity index (χ1v) is 13.2. The number of phenolic OH excluding ortho intramolecular Hbond substituents is 1. The molecule has 0 aliphatic rings. The molecule has 0 bridgehead atoms. The zero-order chi connectivity index (χ0) is 22.5. The van der Waals surface area contributed by atoms with Crippen LogP contribution >= 0.6 is 0 Å². The fourth-order valence-corrected chi connectivity index (χ4v) is 5.30. The van der Waals surface area contributed by atoms with Crippen molar-refractivity contribution in [3.8, 4) is 5.75 Å². The largest absolute Gasteiger partial charge is 0.506 e. The van der Waals surface area contributed by atoms with Crippen molar-refractivity contribution in [2.45, 2.75) is 99.9 Å². The molecule has 0 aliphatic heterocycles. The Morgan fingerprint density at radius 2 is 1.29 bits per heavy atom. The Bertz CT molecular complexity index is 860. The van der Waals surface area contributed by atoms with Crippen molar-refractivity contribution in [1.82, 2.24) is 0 Å². The second-order valence-electron chi connectivity index (χ2n) is 8.50. The predicted octanol–water partition coefficient (Wildman–Crippen LogP) is 6.44. The van der Waals surface area contributed by atoms with Crippen LogP contribution in [-0.2, 0) is 16.3 Å². The zero-order valence-electron chi connectivity index (χ0n) is 18.8. The van der Waals surface area contributed by atoms with Gasteiger partial charge in [-0.2, -0.15) is 0 Å². The molecule has 0 heterocycles. The van der Waals surface area contributed by atoms with Crippen LogP contribution in [0.15, 0.2) is 58.3 Å². The van der Waals surface area contributed by atoms with Crippen molar-refractivity contribution in [3.05, 3.63) is 54.1 Å². The molecule has 1 unspecified atom stereocenters. The summed E-state index contributed by atoms with van der Waals surface area (Å²) >= 11 is 0. The van der Waals surface area contributed by atoms with Gasteiger partial charge in [0.15, 0.2) is 0 Å². The van der Waals surface area contributed by atoms with Gasteiger partial charge in [0.1, 0.15) is 10.6 Å². The molecule has 2 aromatic rings. The Hall–Kier alpha value is -1.85. The highest BCUT2D eigenvalue weighted by molar-refractivity contribution is 7.91. The highest BCUT2D eigenvalue weighted by atomic mass is 32.2. The van der Waals surface area contributed by atoms with Crippen molar-refractivity contribution < 1.29 is 18.6 Å². The maximum atomic E-state index is 12.8. The minimum atomic E-state index is -3.71. The first-order chi connectivity index (χ1) is 14.9. The molecule has 0 aliphatic carbocycles. The van der Waals surface area contributed by atoms with Gasteiger partial charge in [-0.25, -0.2) is 8.42 Å². The molecule has 0 saturated carbocycles. The first kappa shape index (κ1) is 25.4. The molecule has 0 saturated heterocycles. The van der Waals surface area contributed by atoms with E-state index in [1.165, 1.54) is 51.0 Å². The molecule has 0 spiro atoms. The highest BCUT2D eigenvalue weighted by Crippen LogP contribution is 2.32. The molecule has 0 fully saturated rings. The van der Waals surface area contributed by atoms with Gasteiger partial charge in [0, 0.05) is 0 Å². The van der Waals surface area contributed by atoms with Crippen LogP contribution in [0.3, 0.4) is 0 Å². The number of benzene rings is 2. The van der Waals surface area contributed by atoms with Gasteiger partial charge in [0.2, 0.25) is 9.84 Å². The number of unbranched alkanes of at least 4 members (excludes halogenated alkanes) is 9. The molecule has 2 N–H and O–H groups in total. The van der Waals surface area contributed by atoms with Crippen LogP contribution in [-0.4, -0.2) is 24.7 Å². The number of sulfone groups is 1. The summed E-state index contributed by atoms with van der Waals surface area (Å²) in [6.45, 7) is 1.85. The lowest BCUT2D eigenvalue weighted by Gasteiger charge is -2.11. The molecule has 31 heavy (non-hydrogen) atoms. The number of aryl methyl sites for hydroxylation is 1. The zero-order valence-corrected chi connectivity index (χ0v) is 19.6. The highest BCUT2D eigenvalue weighted by Gasteiger charge is 2.22. The Labute approximate surface area is 188 Å². The molecule has 2 rings (SSSR count). The number of para-hydroxylation sites is 1. The van der Waals surface area contributed by atoms with E-state index >= 15 is 0 Å². The number of hydrogen-bond acceptors (Lipinski definition) is 4. The summed E-state index contributed by atoms with van der Waals surface area (Å²) in [7, 11) is -3.71. The Kier molecular flexibility index (Phi) is 11.1. The lowest BCUT2D eigenvalue weighted by atomic mass is 10.0. The van der Waals surface area contributed by atoms with Crippen LogP contribution in [0.4, 0.5) is 0 Å². The van der Waals surface area contributed by atoms with Crippen molar-refractivity contribution in [2.75, 3.05) is 0 Å². The number of aliphatic hydroxyl groups excluding tert-OH is 1. The summed E-state index contributed by atoms with van der Waals surface area (Å²) in [4.78, 5) is 0.190. The van der Waals surface area contributed by atoms with Crippen LogP contribution < -0.4 is 0 Å². The van der Waals surface area contributed by atoms with Crippen LogP contribution in [0.2, 0.25) is 0 Å². The topological polar surface area (TPSA) is 74.6 Å². The van der Waals surface area contributed by atoms with E-state index in [2.05, 4.69) is 0 Å². The van der Waals surface area contributed by atoms with Gasteiger partial charge >= 0.3 is 0 Å². The smallest absolute Gasteiger partial charge is 0.210 e. The fourth-order valence-electron chi connectivity index (χ4n) is 3.88. The molecular weight excluding hydrogens is 408 g/mol. The maximum absolute atomic E-state index is 12.8. The van der Waals surface area contributed by atoms with Gasteiger partial charge in [-0.15, -0.1) is 0 Å². The van der Waals surface area contributed by atoms with E-state index in [4.69, 9.17) is 0 Å². The summed E-state index contributed by atoms with van der Waals surface area (Å²) in [6, 6.07) is 13.3. The van der Waals surface area contributed by atoms with Crippen LogP contribution in [0, 0.1) is 0 Å². The third-order valence-corrected chi connectivity index (χ3v) is 7.54. The van der Waals surface area contributed by atoms with Gasteiger partial charge in [0.05, 0.1) is 11.0 Å². The number of rotatable bonds is 15. The van der Waals surface area contributed by atoms with E-state index < -0.39 is 9.84 Å². The summed E-state index contributed by atoms with van der Waals surface area (Å²) < 4.78 is 25.7. The van der Waals surface area contributed by atoms with E-state index in [0.717, 1.165) is 25.7 Å². The van der Waals surface area contributed by atoms with Crippen LogP contribution in [0.25, 0.3) is 0 Å². The Morgan fingerprint density at radius 1 is 0.742 bits per heavy atom. The molecule has 2 aromatic carbocycles. The van der Waals surface area contributed by atoms with Crippen molar-refractivity contribution in [2.24, 2.45) is 0 Å². The quantitative estimate of drug-likeness (QED) is 0.309. The summed E-state index contributed by atoms with van der Waals surface area (Å²) in [6.07, 6.45) is 13.3. The fraction of sp³-hybridized carbons (Fsp3) is 0.538. The van der Waals surface area contributed by atoms with E-state index in [9.17, 15) is 18.6 Å². The van der Waals surface area contributed by atoms with Crippen LogP contribution in [0.1, 0.15) is 83.1 Å². The standard InChI is InChI=1S/C26H38O4S/c1-22(27)16-11-8-6-4-2-3-5-7-9-12-17-23-18-15-21-25(26(23)28)31(29,30)24-19-13-10-14-20-24/h10,13-15,18-22,27-28H,2-9,11-12,16-17H2,1H3. The minimum Gasteiger partial charge on any atom is -0.506 e. The number of aliphatic hydroxyl groups is 1. The third-order valence-electron chi connectivity index (χ3n) is 5.74. The van der Waals surface area contributed by atoms with Gasteiger partial charge in [0.25, 0.3) is 0 Å². The average Bonchev–Trinajstić information content (AvgIpc) is 2.75. The SMILES string of the molecule is CC(O)CCCCCCCCCCCCc1cccc(S(=O)(=O)c2ccccc2)c1O. The molecule has 5 heteroatoms. The van der Waals surface area contributed by atoms with Crippen molar-refractivity contribution in [3.63, 3.8) is 0 Å². The summed E-state index contributed by atoms with van der Waals surface area (Å²) in [5, 5.41) is 19.8. The molecule has 0 aromatic heterocycles. The molecule has 4 nitrogen and oxygen atoms in total. The monoisotopic (exact) mass is 446 g/mol. The Balaban J connectivity index is 1.68. The van der Waals surface area contributed by atoms with Gasteiger partial charge in [-0.3, -0.25) is 0 Å². The molecule has 0 radical (unpaired) electrons. The third kappa shape index (κ3) is 8.66. The van der Waals surface area contributed by atoms with Gasteiger partial charge in [-0.1, -0.05) is 88.1 Å². The number of aromatic hydroxyl groups is 1. The molecule has 1 atom stereocenters.